The summed E-state index contributed by atoms with van der Waals surface area (Å²) in [6.45, 7) is 6.86. The lowest BCUT2D eigenvalue weighted by Gasteiger charge is -2.29. The van der Waals surface area contributed by atoms with E-state index in [2.05, 4.69) is 26.1 Å². The van der Waals surface area contributed by atoms with Gasteiger partial charge >= 0.3 is 0 Å². The Morgan fingerprint density at radius 1 is 1.41 bits per heavy atom. The Kier molecular flexibility index (Phi) is 4.78. The van der Waals surface area contributed by atoms with E-state index in [0.717, 1.165) is 5.92 Å². The summed E-state index contributed by atoms with van der Waals surface area (Å²) in [4.78, 5) is 4.80. The van der Waals surface area contributed by atoms with Crippen molar-refractivity contribution in [2.24, 2.45) is 16.8 Å². The second kappa shape index (κ2) is 6.12. The molecule has 2 unspecified atom stereocenters. The molecule has 0 amide bonds. The molecule has 1 heterocycles. The Morgan fingerprint density at radius 3 is 2.88 bits per heavy atom. The number of nitrogens with one attached hydrogen (secondary N) is 1. The van der Waals surface area contributed by atoms with Crippen molar-refractivity contribution < 1.29 is 0 Å². The fourth-order valence-electron chi connectivity index (χ4n) is 2.78. The van der Waals surface area contributed by atoms with Crippen LogP contribution in [-0.2, 0) is 0 Å². The number of hydrogen-bond donors (Lipinski definition) is 1. The molecule has 2 aliphatic rings. The number of nitrogens with zero attached hydrogens (tertiary/aromatic N) is 1. The topological polar surface area (TPSA) is 24.4 Å². The van der Waals surface area contributed by atoms with Crippen LogP contribution in [0, 0.1) is 11.8 Å². The summed E-state index contributed by atoms with van der Waals surface area (Å²) in [6, 6.07) is 1.22. The molecule has 1 aliphatic heterocycles. The molecule has 2 rings (SSSR count). The fourth-order valence-corrected chi connectivity index (χ4v) is 4.03. The van der Waals surface area contributed by atoms with Crippen molar-refractivity contribution >= 4 is 16.9 Å². The lowest BCUT2D eigenvalue weighted by molar-refractivity contribution is 0.300. The largest absolute Gasteiger partial charge is 0.362 e. The van der Waals surface area contributed by atoms with Gasteiger partial charge < -0.3 is 5.32 Å². The molecule has 2 nitrogen and oxygen atoms in total. The zero-order valence-corrected chi connectivity index (χ0v) is 12.2. The van der Waals surface area contributed by atoms with Crippen LogP contribution in [0.3, 0.4) is 0 Å². The predicted octanol–water partition coefficient (Wildman–Crippen LogP) is 3.67. The molecule has 0 bridgehead atoms. The van der Waals surface area contributed by atoms with E-state index in [4.69, 9.17) is 4.99 Å². The van der Waals surface area contributed by atoms with Crippen LogP contribution in [0.4, 0.5) is 0 Å². The summed E-state index contributed by atoms with van der Waals surface area (Å²) >= 11 is 1.92. The highest BCUT2D eigenvalue weighted by Crippen LogP contribution is 2.28. The second-order valence-electron chi connectivity index (χ2n) is 5.84. The Labute approximate surface area is 110 Å². The summed E-state index contributed by atoms with van der Waals surface area (Å²) < 4.78 is 0. The van der Waals surface area contributed by atoms with Gasteiger partial charge in [-0.05, 0) is 24.7 Å². The summed E-state index contributed by atoms with van der Waals surface area (Å²) in [5.74, 6) is 2.79. The van der Waals surface area contributed by atoms with Gasteiger partial charge in [0.1, 0.15) is 0 Å². The van der Waals surface area contributed by atoms with Crippen LogP contribution in [0.1, 0.15) is 52.9 Å². The van der Waals surface area contributed by atoms with Gasteiger partial charge in [-0.1, -0.05) is 51.8 Å². The van der Waals surface area contributed by atoms with Crippen LogP contribution < -0.4 is 5.32 Å². The number of hydrogen-bond acceptors (Lipinski definition) is 3. The maximum Gasteiger partial charge on any atom is 0.157 e. The van der Waals surface area contributed by atoms with Gasteiger partial charge in [0.05, 0.1) is 6.04 Å². The predicted molar refractivity (Wildman–Crippen MR) is 77.7 cm³/mol. The van der Waals surface area contributed by atoms with Crippen LogP contribution in [0.2, 0.25) is 0 Å². The fraction of sp³-hybridized carbons (Fsp3) is 0.929. The van der Waals surface area contributed by atoms with Gasteiger partial charge in [-0.25, -0.2) is 0 Å². The molecule has 1 N–H and O–H groups in total. The minimum Gasteiger partial charge on any atom is -0.362 e. The second-order valence-corrected chi connectivity index (χ2v) is 6.85. The minimum atomic E-state index is 0.535. The number of thioether (sulfide) groups is 1. The van der Waals surface area contributed by atoms with Crippen molar-refractivity contribution in [3.63, 3.8) is 0 Å². The molecule has 0 aromatic rings. The lowest BCUT2D eigenvalue weighted by atomic mass is 9.84. The minimum absolute atomic E-state index is 0.535. The van der Waals surface area contributed by atoms with E-state index < -0.39 is 0 Å². The molecule has 0 spiro atoms. The quantitative estimate of drug-likeness (QED) is 0.831. The average Bonchev–Trinajstić information content (AvgIpc) is 2.78. The van der Waals surface area contributed by atoms with E-state index in [0.29, 0.717) is 18.0 Å². The molecular weight excluding hydrogens is 228 g/mol. The number of aliphatic imine (C=N–C) groups is 1. The molecule has 3 heteroatoms. The van der Waals surface area contributed by atoms with Crippen LogP contribution in [-0.4, -0.2) is 23.0 Å². The molecule has 98 valence electrons. The van der Waals surface area contributed by atoms with Crippen LogP contribution in [0.15, 0.2) is 4.99 Å². The molecule has 0 aromatic carbocycles. The number of amidine groups is 1. The standard InChI is InChI=1S/C14H26N2S/c1-4-11-6-5-7-12(8-11)15-14-16-13(9-17-14)10(2)3/h10-13H,4-9H2,1-3H3,(H,15,16)/t11?,12?,13-/m1/s1. The van der Waals surface area contributed by atoms with Gasteiger partial charge in [0, 0.05) is 11.8 Å². The van der Waals surface area contributed by atoms with E-state index in [-0.39, 0.29) is 0 Å². The van der Waals surface area contributed by atoms with Crippen LogP contribution in [0.25, 0.3) is 0 Å². The third-order valence-corrected chi connectivity index (χ3v) is 5.14. The van der Waals surface area contributed by atoms with Crippen molar-refractivity contribution in [2.45, 2.75) is 65.0 Å². The van der Waals surface area contributed by atoms with E-state index in [1.165, 1.54) is 43.0 Å². The summed E-state index contributed by atoms with van der Waals surface area (Å²) in [7, 11) is 0. The molecule has 1 saturated carbocycles. The monoisotopic (exact) mass is 254 g/mol. The first-order chi connectivity index (χ1) is 8.19. The molecule has 3 atom stereocenters. The Balaban J connectivity index is 1.83. The smallest absolute Gasteiger partial charge is 0.157 e. The van der Waals surface area contributed by atoms with Crippen LogP contribution >= 0.6 is 11.8 Å². The lowest BCUT2D eigenvalue weighted by Crippen LogP contribution is -2.36. The highest BCUT2D eigenvalue weighted by atomic mass is 32.2. The molecular formula is C14H26N2S. The molecule has 1 aliphatic carbocycles. The maximum absolute atomic E-state index is 4.80. The van der Waals surface area contributed by atoms with Crippen molar-refractivity contribution in [1.82, 2.24) is 5.32 Å². The third-order valence-electron chi connectivity index (χ3n) is 4.13. The highest BCUT2D eigenvalue weighted by molar-refractivity contribution is 8.14. The third kappa shape index (κ3) is 3.64. The van der Waals surface area contributed by atoms with E-state index in [9.17, 15) is 0 Å². The van der Waals surface area contributed by atoms with Crippen molar-refractivity contribution in [1.29, 1.82) is 0 Å². The van der Waals surface area contributed by atoms with Gasteiger partial charge in [0.2, 0.25) is 0 Å². The van der Waals surface area contributed by atoms with Gasteiger partial charge in [-0.15, -0.1) is 0 Å². The Hall–Kier alpha value is -0.180. The molecule has 0 radical (unpaired) electrons. The van der Waals surface area contributed by atoms with Gasteiger partial charge in [-0.2, -0.15) is 0 Å². The SMILES string of the molecule is CCC1CCCC(NC2=N[C@@H](C(C)C)CS2)C1. The summed E-state index contributed by atoms with van der Waals surface area (Å²) in [5, 5.41) is 4.89. The van der Waals surface area contributed by atoms with Crippen molar-refractivity contribution in [3.8, 4) is 0 Å². The Bertz CT molecular complexity index is 275. The zero-order valence-electron chi connectivity index (χ0n) is 11.4. The van der Waals surface area contributed by atoms with E-state index in [1.54, 1.807) is 0 Å². The van der Waals surface area contributed by atoms with E-state index in [1.807, 2.05) is 11.8 Å². The van der Waals surface area contributed by atoms with Gasteiger partial charge in [0.15, 0.2) is 5.17 Å². The average molecular weight is 254 g/mol. The maximum atomic E-state index is 4.80. The molecule has 17 heavy (non-hydrogen) atoms. The molecule has 1 fully saturated rings. The normalized spacial score (nSPS) is 33.9. The van der Waals surface area contributed by atoms with E-state index >= 15 is 0 Å². The summed E-state index contributed by atoms with van der Waals surface area (Å²) in [6.07, 6.45) is 6.85. The van der Waals surface area contributed by atoms with Gasteiger partial charge in [-0.3, -0.25) is 4.99 Å². The summed E-state index contributed by atoms with van der Waals surface area (Å²) in [5.41, 5.74) is 0. The molecule has 0 saturated heterocycles. The van der Waals surface area contributed by atoms with Crippen molar-refractivity contribution in [2.75, 3.05) is 5.75 Å². The highest BCUT2D eigenvalue weighted by Gasteiger charge is 2.25. The van der Waals surface area contributed by atoms with Crippen LogP contribution in [0.5, 0.6) is 0 Å². The first-order valence-corrected chi connectivity index (χ1v) is 8.14. The zero-order chi connectivity index (χ0) is 12.3. The van der Waals surface area contributed by atoms with Crippen molar-refractivity contribution in [3.05, 3.63) is 0 Å². The Morgan fingerprint density at radius 2 is 2.24 bits per heavy atom. The first-order valence-electron chi connectivity index (χ1n) is 7.16. The molecule has 0 aromatic heterocycles. The first kappa shape index (κ1) is 13.3. The van der Waals surface area contributed by atoms with Gasteiger partial charge in [0.25, 0.3) is 0 Å². The number of rotatable bonds is 3.